The number of unbranched alkanes of at least 4 members (excludes halogenated alkanes) is 15. The van der Waals surface area contributed by atoms with E-state index in [4.69, 9.17) is 18.5 Å². The molecule has 13 heteroatoms. The number of quaternary nitrogens is 1. The van der Waals surface area contributed by atoms with E-state index in [2.05, 4.69) is 13.8 Å². The fraction of sp³-hybridized carbons (Fsp3) is 0.864. The number of nitrogens with zero attached hydrogens (tertiary/aromatic N) is 1. The van der Waals surface area contributed by atoms with Crippen LogP contribution in [0.25, 0.3) is 0 Å². The molecule has 1 fully saturated rings. The predicted octanol–water partition coefficient (Wildman–Crippen LogP) is 8.10. The van der Waals surface area contributed by atoms with Crippen LogP contribution in [-0.2, 0) is 32.7 Å². The highest BCUT2D eigenvalue weighted by Crippen LogP contribution is 2.39. The highest BCUT2D eigenvalue weighted by atomic mass is 31.2. The Morgan fingerprint density at radius 1 is 0.807 bits per heavy atom. The van der Waals surface area contributed by atoms with Crippen molar-refractivity contribution in [3.05, 3.63) is 24.5 Å². The van der Waals surface area contributed by atoms with Crippen LogP contribution in [0.4, 0.5) is 0 Å². The lowest BCUT2D eigenvalue weighted by molar-refractivity contribution is -0.870. The Labute approximate surface area is 346 Å². The Hall–Kier alpha value is -1.63. The van der Waals surface area contributed by atoms with Gasteiger partial charge >= 0.3 is 5.97 Å². The second-order valence-corrected chi connectivity index (χ2v) is 18.5. The van der Waals surface area contributed by atoms with E-state index in [0.29, 0.717) is 30.3 Å². The molecule has 12 nitrogen and oxygen atoms in total. The van der Waals surface area contributed by atoms with Crippen LogP contribution in [0.15, 0.2) is 24.5 Å². The van der Waals surface area contributed by atoms with Crippen molar-refractivity contribution in [3.63, 3.8) is 0 Å². The number of aliphatic hydroxyl groups excluding tert-OH is 3. The number of hydrogen-bond acceptors (Lipinski definition) is 11. The van der Waals surface area contributed by atoms with Crippen molar-refractivity contribution in [3.8, 4) is 0 Å². The molecule has 0 bridgehead atoms. The number of ether oxygens (including phenoxy) is 2. The zero-order valence-corrected chi connectivity index (χ0v) is 37.3. The number of esters is 1. The van der Waals surface area contributed by atoms with Gasteiger partial charge in [0.25, 0.3) is 7.82 Å². The predicted molar refractivity (Wildman–Crippen MR) is 224 cm³/mol. The van der Waals surface area contributed by atoms with Crippen molar-refractivity contribution < 1.29 is 57.4 Å². The van der Waals surface area contributed by atoms with Gasteiger partial charge < -0.3 is 43.2 Å². The molecule has 0 aromatic heterocycles. The second-order valence-electron chi connectivity index (χ2n) is 17.1. The summed E-state index contributed by atoms with van der Waals surface area (Å²) in [6.07, 6.45) is 24.9. The fourth-order valence-electron chi connectivity index (χ4n) is 6.94. The summed E-state index contributed by atoms with van der Waals surface area (Å²) in [6.45, 7) is 4.17. The van der Waals surface area contributed by atoms with Gasteiger partial charge in [-0.25, -0.2) is 0 Å². The summed E-state index contributed by atoms with van der Waals surface area (Å²) >= 11 is 0. The summed E-state index contributed by atoms with van der Waals surface area (Å²) in [7, 11) is 1.16. The molecule has 57 heavy (non-hydrogen) atoms. The Bertz CT molecular complexity index is 1140. The standard InChI is InChI=1S/C44H82NO11P/c1-6-8-10-11-12-13-14-15-16-17-18-19-20-24-31-53-39(36-56-57(51,52)55-32-30-45(3,4)5)35-54-44(50)27-23-22-26-38(47)33-41-40(42(48)34-43(41)49)29-28-37(46)25-21-9-7-2/h24,28-29,31,37,39-43,46,48-49H,6-23,25-27,30,32-36H2,1-5H3/b29-28+,31-24+/t37-,39+,40+,41+,42+,43-/m0/s1. The highest BCUT2D eigenvalue weighted by Gasteiger charge is 2.41. The second kappa shape index (κ2) is 32.2. The lowest BCUT2D eigenvalue weighted by Gasteiger charge is -2.28. The number of ketones is 1. The lowest BCUT2D eigenvalue weighted by atomic mass is 9.87. The third-order valence-corrected chi connectivity index (χ3v) is 11.5. The summed E-state index contributed by atoms with van der Waals surface area (Å²) in [5, 5.41) is 31.3. The molecule has 334 valence electrons. The number of phosphoric acid groups is 1. The van der Waals surface area contributed by atoms with Gasteiger partial charge in [-0.3, -0.25) is 14.2 Å². The minimum atomic E-state index is -4.60. The Morgan fingerprint density at radius 2 is 1.40 bits per heavy atom. The van der Waals surface area contributed by atoms with Gasteiger partial charge in [-0.2, -0.15) is 0 Å². The van der Waals surface area contributed by atoms with E-state index >= 15 is 0 Å². The SMILES string of the molecule is CCCCCCCCCCCCCC/C=C/O[C@H](COC(=O)CCCCC(=O)C[C@@H]1[C@@H](/C=C/[C@@H](O)CCCCC)[C@H](O)C[C@@H]1O)COP(=O)([O-])OCC[N+](C)(C)C. The topological polar surface area (TPSA) is 172 Å². The van der Waals surface area contributed by atoms with Gasteiger partial charge in [0, 0.05) is 37.5 Å². The third-order valence-electron chi connectivity index (χ3n) is 10.6. The molecule has 0 amide bonds. The van der Waals surface area contributed by atoms with E-state index in [0.717, 1.165) is 38.5 Å². The molecule has 0 radical (unpaired) electrons. The van der Waals surface area contributed by atoms with Gasteiger partial charge in [0.1, 0.15) is 25.5 Å². The molecule has 0 aromatic carbocycles. The number of likely N-dealkylation sites (N-methyl/N-ethyl adjacent to an activating group) is 1. The molecule has 1 aliphatic carbocycles. The van der Waals surface area contributed by atoms with Crippen molar-refractivity contribution in [1.82, 2.24) is 0 Å². The molecule has 1 unspecified atom stereocenters. The molecule has 3 N–H and O–H groups in total. The molecule has 0 saturated heterocycles. The number of carbonyl (C=O) groups excluding carboxylic acids is 2. The quantitative estimate of drug-likeness (QED) is 0.0138. The summed E-state index contributed by atoms with van der Waals surface area (Å²) in [4.78, 5) is 37.8. The Balaban J connectivity index is 2.49. The van der Waals surface area contributed by atoms with E-state index in [-0.39, 0.29) is 51.3 Å². The number of allylic oxidation sites excluding steroid dienone is 1. The fourth-order valence-corrected chi connectivity index (χ4v) is 7.67. The first kappa shape index (κ1) is 53.4. The van der Waals surface area contributed by atoms with Crippen LogP contribution >= 0.6 is 7.82 Å². The van der Waals surface area contributed by atoms with E-state index in [1.807, 2.05) is 27.2 Å². The monoisotopic (exact) mass is 832 g/mol. The van der Waals surface area contributed by atoms with Crippen LogP contribution in [0, 0.1) is 11.8 Å². The van der Waals surface area contributed by atoms with Crippen LogP contribution < -0.4 is 4.89 Å². The number of rotatable bonds is 37. The summed E-state index contributed by atoms with van der Waals surface area (Å²) in [5.41, 5.74) is 0. The number of carbonyl (C=O) groups is 2. The van der Waals surface area contributed by atoms with Crippen LogP contribution in [0.2, 0.25) is 0 Å². The Morgan fingerprint density at radius 3 is 2.04 bits per heavy atom. The van der Waals surface area contributed by atoms with Crippen LogP contribution in [-0.4, -0.2) is 103 Å². The van der Waals surface area contributed by atoms with Gasteiger partial charge in [0.2, 0.25) is 0 Å². The molecule has 0 aromatic rings. The molecule has 0 aliphatic heterocycles. The highest BCUT2D eigenvalue weighted by molar-refractivity contribution is 7.45. The van der Waals surface area contributed by atoms with Crippen LogP contribution in [0.5, 0.6) is 0 Å². The lowest BCUT2D eigenvalue weighted by Crippen LogP contribution is -2.37. The van der Waals surface area contributed by atoms with Crippen LogP contribution in [0.1, 0.15) is 162 Å². The van der Waals surface area contributed by atoms with Gasteiger partial charge in [-0.15, -0.1) is 0 Å². The average Bonchev–Trinajstić information content (AvgIpc) is 3.41. The smallest absolute Gasteiger partial charge is 0.305 e. The van der Waals surface area contributed by atoms with Gasteiger partial charge in [0.15, 0.2) is 6.10 Å². The maximum absolute atomic E-state index is 12.8. The van der Waals surface area contributed by atoms with E-state index in [9.17, 15) is 34.4 Å². The minimum Gasteiger partial charge on any atom is -0.756 e. The zero-order chi connectivity index (χ0) is 42.4. The largest absolute Gasteiger partial charge is 0.756 e. The molecular formula is C44H82NO11P. The molecule has 7 atom stereocenters. The first-order chi connectivity index (χ1) is 27.2. The van der Waals surface area contributed by atoms with Crippen molar-refractivity contribution in [2.75, 3.05) is 47.5 Å². The third kappa shape index (κ3) is 29.3. The molecule has 0 spiro atoms. The van der Waals surface area contributed by atoms with Crippen molar-refractivity contribution >= 4 is 19.6 Å². The number of phosphoric ester groups is 1. The number of hydrogen-bond donors (Lipinski definition) is 3. The summed E-state index contributed by atoms with van der Waals surface area (Å²) in [6, 6.07) is 0. The normalized spacial score (nSPS) is 20.9. The molecule has 1 aliphatic rings. The average molecular weight is 832 g/mol. The molecule has 0 heterocycles. The zero-order valence-electron chi connectivity index (χ0n) is 36.4. The van der Waals surface area contributed by atoms with E-state index in [1.54, 1.807) is 12.2 Å². The summed E-state index contributed by atoms with van der Waals surface area (Å²) < 4.78 is 34.2. The van der Waals surface area contributed by atoms with E-state index in [1.165, 1.54) is 70.5 Å². The molecular weight excluding hydrogens is 749 g/mol. The Kier molecular flexibility index (Phi) is 30.1. The maximum atomic E-state index is 12.8. The van der Waals surface area contributed by atoms with Crippen molar-refractivity contribution in [2.45, 2.75) is 186 Å². The van der Waals surface area contributed by atoms with Gasteiger partial charge in [0.05, 0.1) is 52.3 Å². The van der Waals surface area contributed by atoms with Crippen molar-refractivity contribution in [2.24, 2.45) is 11.8 Å². The molecule has 1 saturated carbocycles. The first-order valence-electron chi connectivity index (χ1n) is 22.3. The molecule has 1 rings (SSSR count). The maximum Gasteiger partial charge on any atom is 0.305 e. The van der Waals surface area contributed by atoms with Gasteiger partial charge in [-0.1, -0.05) is 116 Å². The minimum absolute atomic E-state index is 0.0314. The van der Waals surface area contributed by atoms with Crippen LogP contribution in [0.3, 0.4) is 0 Å². The summed E-state index contributed by atoms with van der Waals surface area (Å²) in [5.74, 6) is -1.40. The van der Waals surface area contributed by atoms with Crippen molar-refractivity contribution in [1.29, 1.82) is 0 Å². The van der Waals surface area contributed by atoms with Gasteiger partial charge in [-0.05, 0) is 38.2 Å². The number of Topliss-reactive ketones (excluding diaryl/α,β-unsaturated/α-hetero) is 1. The number of aliphatic hydroxyl groups is 3. The first-order valence-corrected chi connectivity index (χ1v) is 23.7. The van der Waals surface area contributed by atoms with E-state index < -0.39 is 50.0 Å².